The van der Waals surface area contributed by atoms with Crippen molar-refractivity contribution in [1.29, 1.82) is 0 Å². The number of aromatic hydroxyl groups is 1. The molecule has 1 fully saturated rings. The second-order valence-electron chi connectivity index (χ2n) is 10.1. The number of rotatable bonds is 7. The number of ketones is 1. The number of hydrogen-bond acceptors (Lipinski definition) is 6. The number of nitrogens with one attached hydrogen (secondary N) is 2. The highest BCUT2D eigenvalue weighted by Gasteiger charge is 2.26. The highest BCUT2D eigenvalue weighted by atomic mass is 35.5. The van der Waals surface area contributed by atoms with Crippen molar-refractivity contribution >= 4 is 39.9 Å². The molecule has 204 valence electrons. The molecular formula is C29H36ClFN4O3. The molecule has 5 N–H and O–H groups in total. The molecule has 0 bridgehead atoms. The van der Waals surface area contributed by atoms with Crippen LogP contribution < -0.4 is 16.4 Å². The SMILES string of the molecule is C.CC(=O)c1cnc2ccc(-c3cc(F)c(O)c(Cl)c3)cc2c1NC1CCC(NC(=O)C(N)C(C)C)CC1. The normalized spacial score (nSPS) is 18.1. The van der Waals surface area contributed by atoms with Crippen LogP contribution >= 0.6 is 11.6 Å². The van der Waals surface area contributed by atoms with Gasteiger partial charge < -0.3 is 21.5 Å². The summed E-state index contributed by atoms with van der Waals surface area (Å²) in [5, 5.41) is 17.0. The molecule has 1 amide bonds. The maximum Gasteiger partial charge on any atom is 0.237 e. The average molecular weight is 543 g/mol. The Morgan fingerprint density at radius 3 is 2.37 bits per heavy atom. The third-order valence-corrected chi connectivity index (χ3v) is 7.33. The van der Waals surface area contributed by atoms with E-state index in [1.807, 2.05) is 26.0 Å². The molecule has 1 aromatic heterocycles. The topological polar surface area (TPSA) is 117 Å². The first-order valence-electron chi connectivity index (χ1n) is 12.5. The van der Waals surface area contributed by atoms with Crippen LogP contribution in [0.5, 0.6) is 5.75 Å². The number of anilines is 1. The third kappa shape index (κ3) is 6.25. The van der Waals surface area contributed by atoms with Gasteiger partial charge in [-0.05, 0) is 73.9 Å². The lowest BCUT2D eigenvalue weighted by Gasteiger charge is -2.32. The second kappa shape index (κ2) is 12.1. The number of pyridine rings is 1. The van der Waals surface area contributed by atoms with E-state index in [0.717, 1.165) is 31.1 Å². The number of carbonyl (C=O) groups excluding carboxylic acids is 2. The number of phenols is 1. The van der Waals surface area contributed by atoms with E-state index in [1.54, 1.807) is 12.3 Å². The van der Waals surface area contributed by atoms with Crippen molar-refractivity contribution in [1.82, 2.24) is 10.3 Å². The summed E-state index contributed by atoms with van der Waals surface area (Å²) in [4.78, 5) is 29.3. The van der Waals surface area contributed by atoms with Gasteiger partial charge in [-0.25, -0.2) is 4.39 Å². The highest BCUT2D eigenvalue weighted by molar-refractivity contribution is 6.32. The van der Waals surface area contributed by atoms with E-state index in [-0.39, 0.29) is 42.1 Å². The summed E-state index contributed by atoms with van der Waals surface area (Å²) in [6.07, 6.45) is 4.78. The minimum Gasteiger partial charge on any atom is -0.504 e. The van der Waals surface area contributed by atoms with Crippen molar-refractivity contribution in [2.24, 2.45) is 11.7 Å². The van der Waals surface area contributed by atoms with Gasteiger partial charge in [0.25, 0.3) is 0 Å². The van der Waals surface area contributed by atoms with E-state index >= 15 is 0 Å². The molecule has 1 atom stereocenters. The average Bonchev–Trinajstić information content (AvgIpc) is 2.87. The van der Waals surface area contributed by atoms with Crippen molar-refractivity contribution in [3.63, 3.8) is 0 Å². The van der Waals surface area contributed by atoms with Crippen molar-refractivity contribution in [2.45, 2.75) is 72.0 Å². The number of halogens is 2. The number of nitrogens with zero attached hydrogens (tertiary/aromatic N) is 1. The molecule has 0 radical (unpaired) electrons. The Hall–Kier alpha value is -3.23. The molecule has 4 rings (SSSR count). The summed E-state index contributed by atoms with van der Waals surface area (Å²) in [7, 11) is 0. The molecule has 0 saturated heterocycles. The zero-order valence-electron chi connectivity index (χ0n) is 21.1. The van der Waals surface area contributed by atoms with Gasteiger partial charge in [-0.2, -0.15) is 0 Å². The molecule has 0 spiro atoms. The van der Waals surface area contributed by atoms with E-state index in [1.165, 1.54) is 19.1 Å². The van der Waals surface area contributed by atoms with E-state index in [9.17, 15) is 19.1 Å². The van der Waals surface area contributed by atoms with Crippen LogP contribution in [0.4, 0.5) is 10.1 Å². The molecular weight excluding hydrogens is 507 g/mol. The second-order valence-corrected chi connectivity index (χ2v) is 10.5. The van der Waals surface area contributed by atoms with Gasteiger partial charge in [0.1, 0.15) is 0 Å². The number of fused-ring (bicyclic) bond motifs is 1. The predicted molar refractivity (Wildman–Crippen MR) is 151 cm³/mol. The Bertz CT molecular complexity index is 1320. The van der Waals surface area contributed by atoms with E-state index in [2.05, 4.69) is 15.6 Å². The van der Waals surface area contributed by atoms with Crippen LogP contribution in [0.3, 0.4) is 0 Å². The first kappa shape index (κ1) is 29.3. The molecule has 38 heavy (non-hydrogen) atoms. The maximum atomic E-state index is 14.2. The molecule has 1 aliphatic carbocycles. The first-order valence-corrected chi connectivity index (χ1v) is 12.9. The third-order valence-electron chi connectivity index (χ3n) is 7.04. The van der Waals surface area contributed by atoms with Gasteiger partial charge in [0.15, 0.2) is 17.3 Å². The zero-order valence-corrected chi connectivity index (χ0v) is 21.9. The lowest BCUT2D eigenvalue weighted by Crippen LogP contribution is -2.49. The molecule has 1 saturated carbocycles. The Morgan fingerprint density at radius 1 is 1.11 bits per heavy atom. The molecule has 1 heterocycles. The lowest BCUT2D eigenvalue weighted by atomic mass is 9.90. The van der Waals surface area contributed by atoms with Gasteiger partial charge in [0.2, 0.25) is 5.91 Å². The fraction of sp³-hybridized carbons (Fsp3) is 0.414. The van der Waals surface area contributed by atoms with Crippen molar-refractivity contribution in [3.05, 3.63) is 52.9 Å². The molecule has 2 aromatic carbocycles. The number of Topliss-reactive ketones (excluding diaryl/α,β-unsaturated/α-hetero) is 1. The van der Waals surface area contributed by atoms with Gasteiger partial charge in [-0.15, -0.1) is 0 Å². The van der Waals surface area contributed by atoms with Gasteiger partial charge in [0.05, 0.1) is 27.8 Å². The number of hydrogen-bond donors (Lipinski definition) is 4. The van der Waals surface area contributed by atoms with Gasteiger partial charge in [-0.1, -0.05) is 38.9 Å². The van der Waals surface area contributed by atoms with Crippen LogP contribution in [-0.4, -0.2) is 39.9 Å². The summed E-state index contributed by atoms with van der Waals surface area (Å²) in [5.74, 6) is -1.57. The number of aromatic nitrogens is 1. The van der Waals surface area contributed by atoms with Crippen molar-refractivity contribution in [2.75, 3.05) is 5.32 Å². The van der Waals surface area contributed by atoms with Crippen LogP contribution in [0.25, 0.3) is 22.0 Å². The fourth-order valence-corrected chi connectivity index (χ4v) is 4.92. The Kier molecular flexibility index (Phi) is 9.33. The molecule has 1 aliphatic rings. The van der Waals surface area contributed by atoms with Crippen LogP contribution in [-0.2, 0) is 4.79 Å². The van der Waals surface area contributed by atoms with Crippen LogP contribution in [0, 0.1) is 11.7 Å². The van der Waals surface area contributed by atoms with Crippen LogP contribution in [0.15, 0.2) is 36.5 Å². The molecule has 9 heteroatoms. The summed E-state index contributed by atoms with van der Waals surface area (Å²) in [5.41, 5.74) is 8.99. The Labute approximate surface area is 228 Å². The van der Waals surface area contributed by atoms with E-state index in [0.29, 0.717) is 27.9 Å². The number of carbonyl (C=O) groups is 2. The standard InChI is InChI=1S/C28H32ClFN4O3.CH4/c1-14(2)25(31)28(37)34-19-7-5-18(6-8-19)33-26-20-10-16(17-11-22(29)27(36)23(30)12-17)4-9-24(20)32-13-21(26)15(3)35;/h4,9-14,18-19,25,36H,5-8,31H2,1-3H3,(H,32,33)(H,34,37);1H4. The lowest BCUT2D eigenvalue weighted by molar-refractivity contribution is -0.124. The summed E-state index contributed by atoms with van der Waals surface area (Å²) >= 11 is 6.00. The van der Waals surface area contributed by atoms with Crippen molar-refractivity contribution in [3.8, 4) is 16.9 Å². The predicted octanol–water partition coefficient (Wildman–Crippen LogP) is 6.06. The van der Waals surface area contributed by atoms with E-state index < -0.39 is 17.6 Å². The highest BCUT2D eigenvalue weighted by Crippen LogP contribution is 2.36. The van der Waals surface area contributed by atoms with Gasteiger partial charge in [0, 0.05) is 23.7 Å². The zero-order chi connectivity index (χ0) is 26.9. The molecule has 0 aliphatic heterocycles. The minimum atomic E-state index is -0.810. The first-order chi connectivity index (χ1) is 17.5. The minimum absolute atomic E-state index is 0. The number of amides is 1. The van der Waals surface area contributed by atoms with E-state index in [4.69, 9.17) is 17.3 Å². The van der Waals surface area contributed by atoms with Gasteiger partial charge >= 0.3 is 0 Å². The maximum absolute atomic E-state index is 14.2. The largest absolute Gasteiger partial charge is 0.504 e. The van der Waals surface area contributed by atoms with Crippen molar-refractivity contribution < 1.29 is 19.1 Å². The summed E-state index contributed by atoms with van der Waals surface area (Å²) in [6.45, 7) is 5.35. The quantitative estimate of drug-likeness (QED) is 0.269. The number of benzene rings is 2. The summed E-state index contributed by atoms with van der Waals surface area (Å²) < 4.78 is 14.2. The number of nitrogens with two attached hydrogens (primary N) is 1. The van der Waals surface area contributed by atoms with Crippen LogP contribution in [0.1, 0.15) is 64.2 Å². The van der Waals surface area contributed by atoms with Crippen LogP contribution in [0.2, 0.25) is 5.02 Å². The number of phenolic OH excluding ortho intramolecular Hbond substituents is 1. The monoisotopic (exact) mass is 542 g/mol. The fourth-order valence-electron chi connectivity index (χ4n) is 4.71. The molecule has 1 unspecified atom stereocenters. The van der Waals surface area contributed by atoms with Gasteiger partial charge in [-0.3, -0.25) is 14.6 Å². The molecule has 7 nitrogen and oxygen atoms in total. The Morgan fingerprint density at radius 2 is 1.76 bits per heavy atom. The smallest absolute Gasteiger partial charge is 0.237 e. The Balaban J connectivity index is 0.00000400. The summed E-state index contributed by atoms with van der Waals surface area (Å²) in [6, 6.07) is 7.81. The molecule has 3 aromatic rings.